The lowest BCUT2D eigenvalue weighted by molar-refractivity contribution is 0.298. The van der Waals surface area contributed by atoms with Crippen molar-refractivity contribution in [2.75, 3.05) is 6.61 Å². The van der Waals surface area contributed by atoms with Crippen LogP contribution in [0.2, 0.25) is 0 Å². The monoisotopic (exact) mass is 287 g/mol. The highest BCUT2D eigenvalue weighted by Gasteiger charge is 2.08. The Labute approximate surface area is 127 Å². The van der Waals surface area contributed by atoms with Gasteiger partial charge in [0.05, 0.1) is 12.9 Å². The summed E-state index contributed by atoms with van der Waals surface area (Å²) in [4.78, 5) is 4.03. The van der Waals surface area contributed by atoms with Gasteiger partial charge in [-0.05, 0) is 50.3 Å². The molecular weight excluding hydrogens is 262 g/mol. The second-order valence-electron chi connectivity index (χ2n) is 5.74. The van der Waals surface area contributed by atoms with Gasteiger partial charge in [0.25, 0.3) is 0 Å². The minimum atomic E-state index is 0.186. The molecule has 1 heterocycles. The number of imidazole rings is 1. The maximum absolute atomic E-state index is 5.96. The number of aryl methyl sites for hydroxylation is 3. The van der Waals surface area contributed by atoms with Crippen LogP contribution in [0.3, 0.4) is 0 Å². The summed E-state index contributed by atoms with van der Waals surface area (Å²) in [5.74, 6) is 1.01. The summed E-state index contributed by atoms with van der Waals surface area (Å²) < 4.78 is 8.03. The highest BCUT2D eigenvalue weighted by Crippen LogP contribution is 2.25. The molecule has 0 spiro atoms. The Bertz CT molecular complexity index is 538. The number of ether oxygens (including phenoxy) is 1. The first kappa shape index (κ1) is 15.6. The second-order valence-corrected chi connectivity index (χ2v) is 5.74. The predicted octanol–water partition coefficient (Wildman–Crippen LogP) is 2.86. The molecule has 0 fully saturated rings. The van der Waals surface area contributed by atoms with Gasteiger partial charge in [-0.1, -0.05) is 12.1 Å². The third-order valence-electron chi connectivity index (χ3n) is 3.44. The zero-order valence-corrected chi connectivity index (χ0v) is 13.2. The van der Waals surface area contributed by atoms with Crippen molar-refractivity contribution >= 4 is 0 Å². The third kappa shape index (κ3) is 4.60. The van der Waals surface area contributed by atoms with Gasteiger partial charge in [-0.15, -0.1) is 0 Å². The van der Waals surface area contributed by atoms with Gasteiger partial charge >= 0.3 is 0 Å². The Morgan fingerprint density at radius 3 is 2.57 bits per heavy atom. The molecule has 2 N–H and O–H groups in total. The Balaban J connectivity index is 1.90. The highest BCUT2D eigenvalue weighted by atomic mass is 16.5. The number of nitrogens with zero attached hydrogens (tertiary/aromatic N) is 2. The molecule has 4 nitrogen and oxygen atoms in total. The standard InChI is InChI=1S/C17H25N3O/c1-13-9-16(11-15(3)18)10-14(2)17(13)21-8-4-6-20-7-5-19-12-20/h5,7,9-10,12,15H,4,6,8,11,18H2,1-3H3. The number of nitrogens with two attached hydrogens (primary N) is 1. The lowest BCUT2D eigenvalue weighted by atomic mass is 10.0. The van der Waals surface area contributed by atoms with Crippen LogP contribution in [0, 0.1) is 13.8 Å². The van der Waals surface area contributed by atoms with Crippen LogP contribution in [0.5, 0.6) is 5.75 Å². The molecule has 0 aliphatic heterocycles. The zero-order valence-electron chi connectivity index (χ0n) is 13.2. The summed E-state index contributed by atoms with van der Waals surface area (Å²) >= 11 is 0. The summed E-state index contributed by atoms with van der Waals surface area (Å²) in [6.07, 6.45) is 7.48. The van der Waals surface area contributed by atoms with E-state index in [2.05, 4.69) is 35.5 Å². The average molecular weight is 287 g/mol. The van der Waals surface area contributed by atoms with E-state index in [1.807, 2.05) is 19.4 Å². The minimum Gasteiger partial charge on any atom is -0.493 e. The highest BCUT2D eigenvalue weighted by molar-refractivity contribution is 5.43. The Hall–Kier alpha value is -1.81. The molecular formula is C17H25N3O. The fraction of sp³-hybridized carbons (Fsp3) is 0.471. The van der Waals surface area contributed by atoms with Crippen LogP contribution in [0.4, 0.5) is 0 Å². The Morgan fingerprint density at radius 1 is 1.29 bits per heavy atom. The second kappa shape index (κ2) is 7.27. The van der Waals surface area contributed by atoms with E-state index in [1.54, 1.807) is 6.20 Å². The van der Waals surface area contributed by atoms with E-state index < -0.39 is 0 Å². The van der Waals surface area contributed by atoms with Crippen LogP contribution < -0.4 is 10.5 Å². The van der Waals surface area contributed by atoms with Crippen molar-refractivity contribution in [3.8, 4) is 5.75 Å². The van der Waals surface area contributed by atoms with Crippen molar-refractivity contribution in [1.82, 2.24) is 9.55 Å². The normalized spacial score (nSPS) is 12.4. The van der Waals surface area contributed by atoms with E-state index in [-0.39, 0.29) is 6.04 Å². The molecule has 0 saturated carbocycles. The first-order chi connectivity index (χ1) is 10.1. The quantitative estimate of drug-likeness (QED) is 0.797. The molecule has 2 rings (SSSR count). The maximum Gasteiger partial charge on any atom is 0.125 e. The summed E-state index contributed by atoms with van der Waals surface area (Å²) in [6.45, 7) is 7.88. The number of aromatic nitrogens is 2. The van der Waals surface area contributed by atoms with Gasteiger partial charge in [-0.25, -0.2) is 4.98 Å². The molecule has 0 bridgehead atoms. The van der Waals surface area contributed by atoms with E-state index in [0.717, 1.165) is 25.1 Å². The molecule has 0 aliphatic carbocycles. The maximum atomic E-state index is 5.96. The van der Waals surface area contributed by atoms with Crippen LogP contribution in [-0.4, -0.2) is 22.2 Å². The molecule has 1 aromatic heterocycles. The molecule has 0 aliphatic rings. The van der Waals surface area contributed by atoms with Crippen molar-refractivity contribution in [1.29, 1.82) is 0 Å². The molecule has 114 valence electrons. The topological polar surface area (TPSA) is 53.1 Å². The van der Waals surface area contributed by atoms with Crippen molar-refractivity contribution in [2.24, 2.45) is 5.73 Å². The fourth-order valence-corrected chi connectivity index (χ4v) is 2.60. The Kier molecular flexibility index (Phi) is 5.39. The third-order valence-corrected chi connectivity index (χ3v) is 3.44. The molecule has 0 amide bonds. The summed E-state index contributed by atoms with van der Waals surface area (Å²) in [6, 6.07) is 4.55. The number of benzene rings is 1. The lowest BCUT2D eigenvalue weighted by Crippen LogP contribution is -2.18. The van der Waals surface area contributed by atoms with Crippen LogP contribution >= 0.6 is 0 Å². The molecule has 4 heteroatoms. The van der Waals surface area contributed by atoms with Gasteiger partial charge in [0.2, 0.25) is 0 Å². The first-order valence-corrected chi connectivity index (χ1v) is 7.50. The first-order valence-electron chi connectivity index (χ1n) is 7.50. The number of hydrogen-bond acceptors (Lipinski definition) is 3. The molecule has 1 atom stereocenters. The SMILES string of the molecule is Cc1cc(CC(C)N)cc(C)c1OCCCn1ccnc1. The molecule has 0 saturated heterocycles. The minimum absolute atomic E-state index is 0.186. The van der Waals surface area contributed by atoms with Gasteiger partial charge < -0.3 is 15.0 Å². The zero-order chi connectivity index (χ0) is 15.2. The van der Waals surface area contributed by atoms with E-state index >= 15 is 0 Å². The molecule has 21 heavy (non-hydrogen) atoms. The lowest BCUT2D eigenvalue weighted by Gasteiger charge is -2.15. The van der Waals surface area contributed by atoms with Crippen LogP contribution in [-0.2, 0) is 13.0 Å². The van der Waals surface area contributed by atoms with Gasteiger partial charge in [-0.2, -0.15) is 0 Å². The fourth-order valence-electron chi connectivity index (χ4n) is 2.60. The molecule has 2 aromatic rings. The van der Waals surface area contributed by atoms with Crippen LogP contribution in [0.1, 0.15) is 30.0 Å². The molecule has 1 unspecified atom stereocenters. The van der Waals surface area contributed by atoms with Crippen LogP contribution in [0.25, 0.3) is 0 Å². The van der Waals surface area contributed by atoms with E-state index in [1.165, 1.54) is 16.7 Å². The van der Waals surface area contributed by atoms with Crippen molar-refractivity contribution in [3.05, 3.63) is 47.5 Å². The molecule has 0 radical (unpaired) electrons. The number of hydrogen-bond donors (Lipinski definition) is 1. The Morgan fingerprint density at radius 2 is 2.00 bits per heavy atom. The van der Waals surface area contributed by atoms with E-state index in [0.29, 0.717) is 6.61 Å². The number of rotatable bonds is 7. The van der Waals surface area contributed by atoms with Crippen molar-refractivity contribution in [3.63, 3.8) is 0 Å². The molecule has 1 aromatic carbocycles. The van der Waals surface area contributed by atoms with Crippen molar-refractivity contribution in [2.45, 2.75) is 46.2 Å². The largest absolute Gasteiger partial charge is 0.493 e. The summed E-state index contributed by atoms with van der Waals surface area (Å²) in [7, 11) is 0. The van der Waals surface area contributed by atoms with Gasteiger partial charge in [0, 0.05) is 25.0 Å². The van der Waals surface area contributed by atoms with Crippen LogP contribution in [0.15, 0.2) is 30.9 Å². The van der Waals surface area contributed by atoms with E-state index in [4.69, 9.17) is 10.5 Å². The smallest absolute Gasteiger partial charge is 0.125 e. The van der Waals surface area contributed by atoms with Gasteiger partial charge in [0.15, 0.2) is 0 Å². The van der Waals surface area contributed by atoms with Crippen molar-refractivity contribution < 1.29 is 4.74 Å². The van der Waals surface area contributed by atoms with Gasteiger partial charge in [-0.3, -0.25) is 0 Å². The van der Waals surface area contributed by atoms with E-state index in [9.17, 15) is 0 Å². The summed E-state index contributed by atoms with van der Waals surface area (Å²) in [5.41, 5.74) is 9.53. The van der Waals surface area contributed by atoms with Gasteiger partial charge in [0.1, 0.15) is 5.75 Å². The predicted molar refractivity (Wildman–Crippen MR) is 85.6 cm³/mol. The summed E-state index contributed by atoms with van der Waals surface area (Å²) in [5, 5.41) is 0. The average Bonchev–Trinajstić information content (AvgIpc) is 2.89.